The number of aromatic nitrogens is 1. The molecule has 1 fully saturated rings. The zero-order valence-corrected chi connectivity index (χ0v) is 19.6. The van der Waals surface area contributed by atoms with E-state index in [1.54, 1.807) is 47.9 Å². The summed E-state index contributed by atoms with van der Waals surface area (Å²) in [5, 5.41) is 11.3. The SMILES string of the molecule is Cc1cc(/C=C2\SC(=O)N(CC(=O)Nc3ccccc3F)C2=O)c(C)n1-c1ccccc1C(=O)O. The highest BCUT2D eigenvalue weighted by molar-refractivity contribution is 8.18. The molecule has 178 valence electrons. The number of aryl methyl sites for hydroxylation is 1. The number of hydrogen-bond acceptors (Lipinski definition) is 5. The van der Waals surface area contributed by atoms with Crippen LogP contribution in [0.25, 0.3) is 11.8 Å². The van der Waals surface area contributed by atoms with Crippen LogP contribution in [-0.2, 0) is 9.59 Å². The summed E-state index contributed by atoms with van der Waals surface area (Å²) in [6, 6.07) is 13.9. The van der Waals surface area contributed by atoms with E-state index in [1.807, 2.05) is 6.92 Å². The maximum atomic E-state index is 13.8. The van der Waals surface area contributed by atoms with E-state index < -0.39 is 35.4 Å². The second kappa shape index (κ2) is 9.59. The van der Waals surface area contributed by atoms with E-state index in [1.165, 1.54) is 24.3 Å². The maximum Gasteiger partial charge on any atom is 0.337 e. The Bertz CT molecular complexity index is 1410. The largest absolute Gasteiger partial charge is 0.478 e. The molecule has 8 nitrogen and oxygen atoms in total. The average Bonchev–Trinajstić information content (AvgIpc) is 3.24. The van der Waals surface area contributed by atoms with Gasteiger partial charge in [-0.05, 0) is 67.6 Å². The Morgan fingerprint density at radius 2 is 1.77 bits per heavy atom. The van der Waals surface area contributed by atoms with Crippen LogP contribution in [0, 0.1) is 19.7 Å². The van der Waals surface area contributed by atoms with E-state index in [9.17, 15) is 28.7 Å². The third kappa shape index (κ3) is 4.73. The van der Waals surface area contributed by atoms with Crippen molar-refractivity contribution in [1.82, 2.24) is 9.47 Å². The summed E-state index contributed by atoms with van der Waals surface area (Å²) >= 11 is 0.697. The van der Waals surface area contributed by atoms with E-state index in [2.05, 4.69) is 5.32 Å². The van der Waals surface area contributed by atoms with Crippen LogP contribution in [0.3, 0.4) is 0 Å². The van der Waals surface area contributed by atoms with E-state index in [0.717, 1.165) is 10.6 Å². The fourth-order valence-corrected chi connectivity index (χ4v) is 4.66. The number of benzene rings is 2. The Hall–Kier alpha value is -4.18. The molecular weight excluding hydrogens is 473 g/mol. The molecule has 0 bridgehead atoms. The number of carbonyl (C=O) groups is 4. The molecule has 0 aliphatic carbocycles. The molecule has 1 aromatic heterocycles. The normalized spacial score (nSPS) is 14.6. The van der Waals surface area contributed by atoms with Crippen LogP contribution in [0.5, 0.6) is 0 Å². The molecule has 1 aliphatic heterocycles. The molecule has 4 rings (SSSR count). The van der Waals surface area contributed by atoms with Crippen molar-refractivity contribution in [3.05, 3.63) is 87.8 Å². The first kappa shape index (κ1) is 24.0. The summed E-state index contributed by atoms with van der Waals surface area (Å²) < 4.78 is 15.5. The Balaban J connectivity index is 1.58. The second-order valence-electron chi connectivity index (χ2n) is 7.78. The molecule has 0 saturated carbocycles. The van der Waals surface area contributed by atoms with Gasteiger partial charge < -0.3 is 15.0 Å². The third-order valence-corrected chi connectivity index (χ3v) is 6.36. The summed E-state index contributed by atoms with van der Waals surface area (Å²) in [5.74, 6) is -3.04. The lowest BCUT2D eigenvalue weighted by atomic mass is 10.1. The van der Waals surface area contributed by atoms with Crippen LogP contribution in [0.15, 0.2) is 59.5 Å². The molecule has 2 heterocycles. The standard InChI is InChI=1S/C25H20FN3O5S/c1-14-11-16(15(2)29(14)20-10-6-3-7-17(20)24(32)33)12-21-23(31)28(25(34)35-21)13-22(30)27-19-9-5-4-8-18(19)26/h3-12H,13H2,1-2H3,(H,27,30)(H,32,33)/b21-12-. The number of para-hydroxylation sites is 2. The van der Waals surface area contributed by atoms with E-state index >= 15 is 0 Å². The van der Waals surface area contributed by atoms with Gasteiger partial charge in [-0.15, -0.1) is 0 Å². The van der Waals surface area contributed by atoms with Gasteiger partial charge in [-0.1, -0.05) is 24.3 Å². The molecule has 1 saturated heterocycles. The number of carboxylic acid groups (broad SMARTS) is 1. The highest BCUT2D eigenvalue weighted by Crippen LogP contribution is 2.34. The lowest BCUT2D eigenvalue weighted by Crippen LogP contribution is -2.36. The lowest BCUT2D eigenvalue weighted by Gasteiger charge is -2.13. The lowest BCUT2D eigenvalue weighted by molar-refractivity contribution is -0.127. The molecule has 0 spiro atoms. The molecule has 3 amide bonds. The number of aromatic carboxylic acids is 1. The summed E-state index contributed by atoms with van der Waals surface area (Å²) in [7, 11) is 0. The first-order valence-corrected chi connectivity index (χ1v) is 11.3. The fourth-order valence-electron chi connectivity index (χ4n) is 3.83. The minimum absolute atomic E-state index is 0.0471. The zero-order valence-electron chi connectivity index (χ0n) is 18.7. The summed E-state index contributed by atoms with van der Waals surface area (Å²) in [6.45, 7) is 3.03. The van der Waals surface area contributed by atoms with Crippen molar-refractivity contribution in [2.75, 3.05) is 11.9 Å². The smallest absolute Gasteiger partial charge is 0.337 e. The van der Waals surface area contributed by atoms with Crippen molar-refractivity contribution in [3.63, 3.8) is 0 Å². The zero-order chi connectivity index (χ0) is 25.3. The Kier molecular flexibility index (Phi) is 6.57. The van der Waals surface area contributed by atoms with E-state index in [0.29, 0.717) is 28.7 Å². The molecule has 35 heavy (non-hydrogen) atoms. The van der Waals surface area contributed by atoms with Gasteiger partial charge in [0.15, 0.2) is 0 Å². The number of thioether (sulfide) groups is 1. The van der Waals surface area contributed by atoms with Crippen molar-refractivity contribution < 1.29 is 28.7 Å². The Morgan fingerprint density at radius 3 is 2.49 bits per heavy atom. The van der Waals surface area contributed by atoms with Crippen molar-refractivity contribution in [1.29, 1.82) is 0 Å². The second-order valence-corrected chi connectivity index (χ2v) is 8.77. The van der Waals surface area contributed by atoms with Crippen molar-refractivity contribution >= 4 is 46.5 Å². The van der Waals surface area contributed by atoms with Crippen molar-refractivity contribution in [2.45, 2.75) is 13.8 Å². The van der Waals surface area contributed by atoms with Gasteiger partial charge >= 0.3 is 5.97 Å². The number of amides is 3. The number of hydrogen-bond donors (Lipinski definition) is 2. The quantitative estimate of drug-likeness (QED) is 0.486. The number of rotatable bonds is 6. The van der Waals surface area contributed by atoms with Crippen LogP contribution in [0.1, 0.15) is 27.3 Å². The van der Waals surface area contributed by atoms with Gasteiger partial charge in [-0.25, -0.2) is 9.18 Å². The monoisotopic (exact) mass is 493 g/mol. The molecule has 2 aromatic carbocycles. The van der Waals surface area contributed by atoms with Crippen molar-refractivity contribution in [2.24, 2.45) is 0 Å². The minimum atomic E-state index is -1.07. The van der Waals surface area contributed by atoms with Crippen molar-refractivity contribution in [3.8, 4) is 5.69 Å². The predicted octanol–water partition coefficient (Wildman–Crippen LogP) is 4.61. The van der Waals surface area contributed by atoms with Gasteiger partial charge in [-0.2, -0.15) is 0 Å². The first-order chi connectivity index (χ1) is 16.7. The van der Waals surface area contributed by atoms with Gasteiger partial charge in [0.1, 0.15) is 12.4 Å². The Morgan fingerprint density at radius 1 is 1.09 bits per heavy atom. The van der Waals surface area contributed by atoms with Crippen LogP contribution >= 0.6 is 11.8 Å². The average molecular weight is 494 g/mol. The highest BCUT2D eigenvalue weighted by Gasteiger charge is 2.36. The number of halogens is 1. The van der Waals surface area contributed by atoms with E-state index in [-0.39, 0.29) is 16.2 Å². The van der Waals surface area contributed by atoms with Crippen LogP contribution < -0.4 is 5.32 Å². The number of carboxylic acids is 1. The number of nitrogens with one attached hydrogen (secondary N) is 1. The van der Waals surface area contributed by atoms with Gasteiger partial charge in [-0.3, -0.25) is 19.3 Å². The van der Waals surface area contributed by atoms with Gasteiger partial charge in [0, 0.05) is 11.4 Å². The summed E-state index contributed by atoms with van der Waals surface area (Å²) in [6.07, 6.45) is 1.54. The first-order valence-electron chi connectivity index (χ1n) is 10.5. The Labute approximate surface area is 204 Å². The van der Waals surface area contributed by atoms with Crippen LogP contribution in [0.2, 0.25) is 0 Å². The van der Waals surface area contributed by atoms with E-state index in [4.69, 9.17) is 0 Å². The highest BCUT2D eigenvalue weighted by atomic mass is 32.2. The van der Waals surface area contributed by atoms with Gasteiger partial charge in [0.25, 0.3) is 11.1 Å². The number of nitrogens with zero attached hydrogens (tertiary/aromatic N) is 2. The number of carbonyl (C=O) groups excluding carboxylic acids is 3. The third-order valence-electron chi connectivity index (χ3n) is 5.46. The maximum absolute atomic E-state index is 13.8. The molecule has 0 radical (unpaired) electrons. The topological polar surface area (TPSA) is 109 Å². The molecule has 0 atom stereocenters. The molecule has 3 aromatic rings. The van der Waals surface area contributed by atoms with Gasteiger partial charge in [0.05, 0.1) is 21.8 Å². The minimum Gasteiger partial charge on any atom is -0.478 e. The predicted molar refractivity (Wildman–Crippen MR) is 130 cm³/mol. The van der Waals surface area contributed by atoms with Crippen LogP contribution in [-0.4, -0.2) is 44.1 Å². The molecule has 10 heteroatoms. The number of anilines is 1. The van der Waals surface area contributed by atoms with Crippen LogP contribution in [0.4, 0.5) is 14.9 Å². The summed E-state index contributed by atoms with van der Waals surface area (Å²) in [4.78, 5) is 50.2. The number of imide groups is 1. The molecular formula is C25H20FN3O5S. The fraction of sp³-hybridized carbons (Fsp3) is 0.120. The summed E-state index contributed by atoms with van der Waals surface area (Å²) in [5.41, 5.74) is 2.61. The molecule has 2 N–H and O–H groups in total. The van der Waals surface area contributed by atoms with Gasteiger partial charge in [0.2, 0.25) is 5.91 Å². The molecule has 1 aliphatic rings. The molecule has 0 unspecified atom stereocenters.